The van der Waals surface area contributed by atoms with Crippen LogP contribution in [-0.4, -0.2) is 6.29 Å². The molecule has 0 amide bonds. The van der Waals surface area contributed by atoms with E-state index in [4.69, 9.17) is 11.6 Å². The molecule has 0 aliphatic heterocycles. The Morgan fingerprint density at radius 2 is 2.14 bits per heavy atom. The maximum Gasteiger partial charge on any atom is 0.225 e. The molecule has 0 fully saturated rings. The number of carbonyl (C=O) groups excluding carboxylic acids is 1. The normalized spacial score (nSPS) is 11.3. The molecule has 0 bridgehead atoms. The van der Waals surface area contributed by atoms with E-state index in [1.165, 1.54) is 24.3 Å². The highest BCUT2D eigenvalue weighted by molar-refractivity contribution is 6.30. The number of hydrogen-bond acceptors (Lipinski definition) is 1. The lowest BCUT2D eigenvalue weighted by Gasteiger charge is -1.95. The van der Waals surface area contributed by atoms with Crippen molar-refractivity contribution in [3.8, 4) is 0 Å². The quantitative estimate of drug-likeness (QED) is 0.552. The van der Waals surface area contributed by atoms with Crippen LogP contribution >= 0.6 is 11.6 Å². The van der Waals surface area contributed by atoms with Crippen LogP contribution in [0.5, 0.6) is 0 Å². The van der Waals surface area contributed by atoms with Crippen LogP contribution in [0.25, 0.3) is 6.08 Å². The Morgan fingerprint density at radius 3 is 2.79 bits per heavy atom. The molecule has 0 aliphatic rings. The second kappa shape index (κ2) is 5.35. The number of halogens is 2. The summed E-state index contributed by atoms with van der Waals surface area (Å²) in [5, 5.41) is 0.0816. The molecule has 0 heterocycles. The van der Waals surface area contributed by atoms with Crippen molar-refractivity contribution in [2.75, 3.05) is 0 Å². The van der Waals surface area contributed by atoms with Gasteiger partial charge < -0.3 is 0 Å². The van der Waals surface area contributed by atoms with Crippen molar-refractivity contribution in [2.45, 2.75) is 0 Å². The van der Waals surface area contributed by atoms with Gasteiger partial charge in [-0.2, -0.15) is 0 Å². The fourth-order valence-electron chi connectivity index (χ4n) is 0.878. The molecule has 0 N–H and O–H groups in total. The van der Waals surface area contributed by atoms with Crippen molar-refractivity contribution in [3.05, 3.63) is 52.8 Å². The van der Waals surface area contributed by atoms with E-state index in [-0.39, 0.29) is 5.02 Å². The summed E-state index contributed by atoms with van der Waals surface area (Å²) in [6, 6.07) is 4.39. The van der Waals surface area contributed by atoms with E-state index in [1.807, 2.05) is 0 Å². The zero-order valence-corrected chi connectivity index (χ0v) is 7.96. The first-order valence-corrected chi connectivity index (χ1v) is 4.28. The maximum absolute atomic E-state index is 12.7. The summed E-state index contributed by atoms with van der Waals surface area (Å²) in [5.74, 6) is -0.444. The molecule has 0 spiro atoms. The molecular formula is C11H7ClFO. The lowest BCUT2D eigenvalue weighted by atomic mass is 10.2. The molecule has 0 aromatic heterocycles. The topological polar surface area (TPSA) is 17.1 Å². The largest absolute Gasteiger partial charge is 0.286 e. The second-order valence-electron chi connectivity index (χ2n) is 2.51. The van der Waals surface area contributed by atoms with Crippen LogP contribution in [0.15, 0.2) is 36.4 Å². The van der Waals surface area contributed by atoms with E-state index >= 15 is 0 Å². The number of allylic oxidation sites excluding steroid dienone is 3. The van der Waals surface area contributed by atoms with Gasteiger partial charge in [0, 0.05) is 0 Å². The third-order valence-electron chi connectivity index (χ3n) is 1.51. The summed E-state index contributed by atoms with van der Waals surface area (Å²) in [7, 11) is 0. The second-order valence-corrected chi connectivity index (χ2v) is 2.92. The first-order valence-electron chi connectivity index (χ1n) is 3.90. The van der Waals surface area contributed by atoms with Crippen molar-refractivity contribution >= 4 is 24.0 Å². The van der Waals surface area contributed by atoms with Gasteiger partial charge in [0.15, 0.2) is 0 Å². The van der Waals surface area contributed by atoms with Crippen LogP contribution in [0.4, 0.5) is 4.39 Å². The zero-order valence-electron chi connectivity index (χ0n) is 7.21. The van der Waals surface area contributed by atoms with Gasteiger partial charge in [-0.25, -0.2) is 4.39 Å². The fraction of sp³-hybridized carbons (Fsp3) is 0. The Labute approximate surface area is 86.5 Å². The van der Waals surface area contributed by atoms with Gasteiger partial charge in [0.05, 0.1) is 5.02 Å². The predicted octanol–water partition coefficient (Wildman–Crippen LogP) is 3.16. The van der Waals surface area contributed by atoms with Gasteiger partial charge in [-0.15, -0.1) is 0 Å². The van der Waals surface area contributed by atoms with Gasteiger partial charge in [0.25, 0.3) is 0 Å². The zero-order chi connectivity index (χ0) is 10.4. The minimum absolute atomic E-state index is 0.0816. The van der Waals surface area contributed by atoms with Crippen LogP contribution in [0, 0.1) is 5.82 Å². The third kappa shape index (κ3) is 3.15. The Kier molecular flexibility index (Phi) is 4.08. The van der Waals surface area contributed by atoms with E-state index in [1.54, 1.807) is 24.5 Å². The third-order valence-corrected chi connectivity index (χ3v) is 1.80. The number of benzene rings is 1. The average molecular weight is 210 g/mol. The van der Waals surface area contributed by atoms with Crippen LogP contribution in [0.1, 0.15) is 5.56 Å². The van der Waals surface area contributed by atoms with Gasteiger partial charge in [0.2, 0.25) is 6.29 Å². The molecule has 0 atom stereocenters. The molecule has 0 saturated heterocycles. The molecule has 1 aromatic carbocycles. The highest BCUT2D eigenvalue weighted by Gasteiger charge is 1.97. The summed E-state index contributed by atoms with van der Waals surface area (Å²) in [4.78, 5) is 9.80. The van der Waals surface area contributed by atoms with Crippen LogP contribution < -0.4 is 0 Å². The highest BCUT2D eigenvalue weighted by Crippen LogP contribution is 2.16. The summed E-state index contributed by atoms with van der Waals surface area (Å²) in [5.41, 5.74) is 0.770. The van der Waals surface area contributed by atoms with E-state index in [0.29, 0.717) is 0 Å². The van der Waals surface area contributed by atoms with E-state index in [2.05, 4.69) is 0 Å². The van der Waals surface area contributed by atoms with Crippen LogP contribution in [0.2, 0.25) is 5.02 Å². The fourth-order valence-corrected chi connectivity index (χ4v) is 1.07. The molecule has 1 nitrogen and oxygen atoms in total. The van der Waals surface area contributed by atoms with E-state index in [0.717, 1.165) is 5.56 Å². The van der Waals surface area contributed by atoms with E-state index in [9.17, 15) is 9.18 Å². The number of rotatable bonds is 3. The summed E-state index contributed by atoms with van der Waals surface area (Å²) < 4.78 is 12.7. The summed E-state index contributed by atoms with van der Waals surface area (Å²) >= 11 is 5.56. The Bertz CT molecular complexity index is 383. The lowest BCUT2D eigenvalue weighted by molar-refractivity contribution is 0.564. The molecule has 14 heavy (non-hydrogen) atoms. The highest BCUT2D eigenvalue weighted by atomic mass is 35.5. The predicted molar refractivity (Wildman–Crippen MR) is 55.3 cm³/mol. The van der Waals surface area contributed by atoms with Crippen molar-refractivity contribution in [1.82, 2.24) is 0 Å². The van der Waals surface area contributed by atoms with Crippen LogP contribution in [-0.2, 0) is 4.79 Å². The molecule has 0 unspecified atom stereocenters. The number of hydrogen-bond donors (Lipinski definition) is 0. The molecular weight excluding hydrogens is 203 g/mol. The van der Waals surface area contributed by atoms with Crippen molar-refractivity contribution in [3.63, 3.8) is 0 Å². The first kappa shape index (κ1) is 10.7. The molecule has 71 valence electrons. The van der Waals surface area contributed by atoms with Crippen molar-refractivity contribution in [1.29, 1.82) is 0 Å². The summed E-state index contributed by atoms with van der Waals surface area (Å²) in [6.07, 6.45) is 7.73. The molecule has 1 radical (unpaired) electrons. The van der Waals surface area contributed by atoms with Crippen LogP contribution in [0.3, 0.4) is 0 Å². The van der Waals surface area contributed by atoms with Gasteiger partial charge >= 0.3 is 0 Å². The Balaban J connectivity index is 2.77. The van der Waals surface area contributed by atoms with E-state index < -0.39 is 5.82 Å². The van der Waals surface area contributed by atoms with Crippen molar-refractivity contribution in [2.24, 2.45) is 0 Å². The van der Waals surface area contributed by atoms with Gasteiger partial charge in [0.1, 0.15) is 5.82 Å². The average Bonchev–Trinajstić information content (AvgIpc) is 2.18. The monoisotopic (exact) mass is 209 g/mol. The Hall–Kier alpha value is -1.41. The summed E-state index contributed by atoms with van der Waals surface area (Å²) in [6.45, 7) is 0. The smallest absolute Gasteiger partial charge is 0.225 e. The molecule has 1 rings (SSSR count). The SMILES string of the molecule is O=[C]/C=C/C=C/c1ccc(F)c(Cl)c1. The minimum atomic E-state index is -0.444. The first-order chi connectivity index (χ1) is 6.74. The van der Waals surface area contributed by atoms with Gasteiger partial charge in [-0.3, -0.25) is 4.79 Å². The molecule has 1 aromatic rings. The Morgan fingerprint density at radius 1 is 1.36 bits per heavy atom. The minimum Gasteiger partial charge on any atom is -0.286 e. The molecule has 0 saturated carbocycles. The van der Waals surface area contributed by atoms with Gasteiger partial charge in [-0.1, -0.05) is 35.9 Å². The lowest BCUT2D eigenvalue weighted by Crippen LogP contribution is -1.77. The standard InChI is InChI=1S/C11H7ClFO/c12-10-8-9(5-6-11(10)13)4-2-1-3-7-14/h1-6,8H/b3-1+,4-2+. The molecule has 0 aliphatic carbocycles. The molecule has 3 heteroatoms. The van der Waals surface area contributed by atoms with Crippen molar-refractivity contribution < 1.29 is 9.18 Å². The maximum atomic E-state index is 12.7. The van der Waals surface area contributed by atoms with Gasteiger partial charge in [-0.05, 0) is 23.8 Å².